The molecule has 1 heteroatoms. The van der Waals surface area contributed by atoms with Crippen molar-refractivity contribution >= 4 is 5.57 Å². The van der Waals surface area contributed by atoms with E-state index in [1.807, 2.05) is 0 Å². The Hall–Kier alpha value is -2.20. The summed E-state index contributed by atoms with van der Waals surface area (Å²) in [6, 6.07) is 8.80. The average molecular weight is 281 g/mol. The van der Waals surface area contributed by atoms with E-state index in [9.17, 15) is 0 Å². The Morgan fingerprint density at radius 1 is 1.05 bits per heavy atom. The maximum atomic E-state index is 5.76. The average Bonchev–Trinajstić information content (AvgIpc) is 2.53. The van der Waals surface area contributed by atoms with Crippen molar-refractivity contribution in [1.29, 1.82) is 0 Å². The largest absolute Gasteiger partial charge is 0.399 e. The van der Waals surface area contributed by atoms with Crippen molar-refractivity contribution in [3.05, 3.63) is 65.4 Å². The Labute approximate surface area is 130 Å². The first-order valence-electron chi connectivity index (χ1n) is 7.39. The van der Waals surface area contributed by atoms with Gasteiger partial charge in [-0.25, -0.2) is 0 Å². The fourth-order valence-electron chi connectivity index (χ4n) is 2.03. The molecule has 0 saturated heterocycles. The zero-order valence-corrected chi connectivity index (χ0v) is 13.5. The summed E-state index contributed by atoms with van der Waals surface area (Å²) in [6.07, 6.45) is 15.3. The van der Waals surface area contributed by atoms with Gasteiger partial charge < -0.3 is 5.73 Å². The topological polar surface area (TPSA) is 26.0 Å². The van der Waals surface area contributed by atoms with Gasteiger partial charge in [0.1, 0.15) is 0 Å². The van der Waals surface area contributed by atoms with Gasteiger partial charge in [0.15, 0.2) is 0 Å². The second-order valence-electron chi connectivity index (χ2n) is 4.67. The lowest BCUT2D eigenvalue weighted by atomic mass is 10.00. The minimum atomic E-state index is 0.663. The molecule has 0 unspecified atom stereocenters. The van der Waals surface area contributed by atoms with E-state index in [-0.39, 0.29) is 0 Å². The van der Waals surface area contributed by atoms with Crippen LogP contribution in [0.15, 0.2) is 54.3 Å². The Bertz CT molecular complexity index is 513. The molecular formula is C20H27N. The zero-order valence-electron chi connectivity index (χ0n) is 13.5. The number of aryl methyl sites for hydroxylation is 1. The lowest BCUT2D eigenvalue weighted by Gasteiger charge is -2.06. The van der Waals surface area contributed by atoms with Crippen LogP contribution in [0.3, 0.4) is 0 Å². The molecule has 0 aliphatic carbocycles. The summed E-state index contributed by atoms with van der Waals surface area (Å²) in [6.45, 7) is 10.3. The summed E-state index contributed by atoms with van der Waals surface area (Å²) in [7, 11) is 0. The van der Waals surface area contributed by atoms with Crippen LogP contribution in [-0.2, 0) is 6.42 Å². The Balaban J connectivity index is 0.00000191. The molecule has 0 fully saturated rings. The third-order valence-electron chi connectivity index (χ3n) is 3.39. The molecule has 0 aromatic heterocycles. The third-order valence-corrected chi connectivity index (χ3v) is 3.39. The van der Waals surface area contributed by atoms with Gasteiger partial charge in [-0.2, -0.15) is 0 Å². The molecule has 1 aromatic rings. The zero-order chi connectivity index (χ0) is 16.3. The minimum Gasteiger partial charge on any atom is -0.399 e. The summed E-state index contributed by atoms with van der Waals surface area (Å²) >= 11 is 0. The Kier molecular flexibility index (Phi) is 9.46. The molecular weight excluding hydrogens is 254 g/mol. The molecule has 21 heavy (non-hydrogen) atoms. The first-order chi connectivity index (χ1) is 10.1. The molecule has 0 aliphatic heterocycles. The van der Waals surface area contributed by atoms with Crippen LogP contribution in [0, 0.1) is 12.8 Å². The number of rotatable bonds is 6. The van der Waals surface area contributed by atoms with Crippen LogP contribution >= 0.6 is 0 Å². The van der Waals surface area contributed by atoms with Crippen LogP contribution in [-0.4, -0.2) is 0 Å². The van der Waals surface area contributed by atoms with Crippen molar-refractivity contribution in [3.63, 3.8) is 0 Å². The normalized spacial score (nSPS) is 11.5. The van der Waals surface area contributed by atoms with Crippen LogP contribution in [0.25, 0.3) is 5.57 Å². The quantitative estimate of drug-likeness (QED) is 0.569. The van der Waals surface area contributed by atoms with Crippen molar-refractivity contribution in [2.75, 3.05) is 0 Å². The fourth-order valence-corrected chi connectivity index (χ4v) is 2.03. The van der Waals surface area contributed by atoms with E-state index >= 15 is 0 Å². The van der Waals surface area contributed by atoms with Crippen LogP contribution < -0.4 is 5.73 Å². The molecule has 0 radical (unpaired) electrons. The highest BCUT2D eigenvalue weighted by Gasteiger charge is 1.99. The number of hydrogen-bond donors (Lipinski definition) is 1. The minimum absolute atomic E-state index is 0.663. The molecule has 0 spiro atoms. The third kappa shape index (κ3) is 6.19. The number of benzene rings is 1. The van der Waals surface area contributed by atoms with E-state index < -0.39 is 0 Å². The Morgan fingerprint density at radius 2 is 1.62 bits per heavy atom. The van der Waals surface area contributed by atoms with E-state index in [4.69, 9.17) is 5.73 Å². The summed E-state index contributed by atoms with van der Waals surface area (Å²) in [5.41, 5.74) is 11.5. The van der Waals surface area contributed by atoms with Gasteiger partial charge in [-0.15, -0.1) is 12.8 Å². The fraction of sp³-hybridized carbons (Fsp3) is 0.300. The lowest BCUT2D eigenvalue weighted by molar-refractivity contribution is 1.09. The van der Waals surface area contributed by atoms with Crippen molar-refractivity contribution in [2.45, 2.75) is 40.0 Å². The molecule has 1 aromatic carbocycles. The van der Waals surface area contributed by atoms with E-state index in [1.165, 1.54) is 16.7 Å². The summed E-state index contributed by atoms with van der Waals surface area (Å²) in [4.78, 5) is 0. The summed E-state index contributed by atoms with van der Waals surface area (Å²) < 4.78 is 0. The molecule has 0 amide bonds. The van der Waals surface area contributed by atoms with Gasteiger partial charge >= 0.3 is 0 Å². The smallest absolute Gasteiger partial charge is 0.0273 e. The molecule has 1 rings (SSSR count). The monoisotopic (exact) mass is 281 g/mol. The Morgan fingerprint density at radius 3 is 2.00 bits per heavy atom. The van der Waals surface area contributed by atoms with Gasteiger partial charge in [0.25, 0.3) is 0 Å². The van der Waals surface area contributed by atoms with Gasteiger partial charge in [0.2, 0.25) is 0 Å². The van der Waals surface area contributed by atoms with Crippen LogP contribution in [0.2, 0.25) is 0 Å². The molecule has 0 heterocycles. The van der Waals surface area contributed by atoms with E-state index in [0.29, 0.717) is 5.70 Å². The van der Waals surface area contributed by atoms with Crippen molar-refractivity contribution in [3.8, 4) is 12.8 Å². The van der Waals surface area contributed by atoms with E-state index in [0.717, 1.165) is 24.8 Å². The molecule has 0 aliphatic rings. The predicted octanol–water partition coefficient (Wildman–Crippen LogP) is 5.10. The molecule has 0 bridgehead atoms. The van der Waals surface area contributed by atoms with Gasteiger partial charge in [0, 0.05) is 5.70 Å². The van der Waals surface area contributed by atoms with Crippen molar-refractivity contribution in [2.24, 2.45) is 5.73 Å². The SMILES string of the molecule is C#C.C=C(N)/C(=C/C=C(\CC)c1ccc(CC)cc1)CC. The van der Waals surface area contributed by atoms with Gasteiger partial charge in [0.05, 0.1) is 0 Å². The van der Waals surface area contributed by atoms with Crippen molar-refractivity contribution in [1.82, 2.24) is 0 Å². The summed E-state index contributed by atoms with van der Waals surface area (Å²) in [5, 5.41) is 0. The van der Waals surface area contributed by atoms with Gasteiger partial charge in [-0.3, -0.25) is 0 Å². The van der Waals surface area contributed by atoms with Crippen LogP contribution in [0.4, 0.5) is 0 Å². The molecule has 0 atom stereocenters. The molecule has 1 nitrogen and oxygen atoms in total. The second-order valence-corrected chi connectivity index (χ2v) is 4.67. The lowest BCUT2D eigenvalue weighted by Crippen LogP contribution is -1.97. The highest BCUT2D eigenvalue weighted by molar-refractivity contribution is 5.67. The molecule has 0 saturated carbocycles. The maximum Gasteiger partial charge on any atom is 0.0273 e. The number of hydrogen-bond acceptors (Lipinski definition) is 1. The summed E-state index contributed by atoms with van der Waals surface area (Å²) in [5.74, 6) is 0. The second kappa shape index (κ2) is 10.6. The first kappa shape index (κ1) is 18.8. The van der Waals surface area contributed by atoms with Crippen LogP contribution in [0.5, 0.6) is 0 Å². The van der Waals surface area contributed by atoms with E-state index in [1.54, 1.807) is 0 Å². The van der Waals surface area contributed by atoms with Crippen molar-refractivity contribution < 1.29 is 0 Å². The number of nitrogens with two attached hydrogens (primary N) is 1. The molecule has 2 N–H and O–H groups in total. The van der Waals surface area contributed by atoms with Gasteiger partial charge in [-0.05, 0) is 41.5 Å². The van der Waals surface area contributed by atoms with Gasteiger partial charge in [-0.1, -0.05) is 63.8 Å². The number of terminal acetylenes is 1. The van der Waals surface area contributed by atoms with E-state index in [2.05, 4.69) is 76.6 Å². The first-order valence-corrected chi connectivity index (χ1v) is 7.39. The maximum absolute atomic E-state index is 5.76. The predicted molar refractivity (Wildman–Crippen MR) is 95.7 cm³/mol. The highest BCUT2D eigenvalue weighted by Crippen LogP contribution is 2.20. The standard InChI is InChI=1S/C18H25N.C2H2/c1-5-15-8-10-18(11-9-15)17(7-3)13-12-16(6-2)14(4)19;1-2/h8-13H,4-7,19H2,1-3H3;1-2H/b16-12+,17-13+;. The van der Waals surface area contributed by atoms with Crippen LogP contribution in [0.1, 0.15) is 44.7 Å². The molecule has 112 valence electrons. The highest BCUT2D eigenvalue weighted by atomic mass is 14.6. The number of allylic oxidation sites excluding steroid dienone is 4.